The molecule has 5 rings (SSSR count). The van der Waals surface area contributed by atoms with E-state index in [1.54, 1.807) is 0 Å². The Morgan fingerprint density at radius 1 is 1.11 bits per heavy atom. The van der Waals surface area contributed by atoms with E-state index in [4.69, 9.17) is 22.1 Å². The van der Waals surface area contributed by atoms with Gasteiger partial charge in [-0.3, -0.25) is 14.5 Å². The summed E-state index contributed by atoms with van der Waals surface area (Å²) in [4.78, 5) is 32.7. The predicted octanol–water partition coefficient (Wildman–Crippen LogP) is 2.93. The summed E-state index contributed by atoms with van der Waals surface area (Å²) in [6, 6.07) is 4.09. The Morgan fingerprint density at radius 3 is 2.60 bits per heavy atom. The lowest BCUT2D eigenvalue weighted by Crippen LogP contribution is -2.50. The van der Waals surface area contributed by atoms with E-state index in [1.165, 1.54) is 31.3 Å². The van der Waals surface area contributed by atoms with Crippen molar-refractivity contribution < 1.29 is 23.1 Å². The number of carbonyl (C=O) groups excluding carboxylic acids is 2. The Labute approximate surface area is 265 Å². The van der Waals surface area contributed by atoms with E-state index in [9.17, 15) is 14.0 Å². The SMILES string of the molecule is Cc1c(F)c(N)cc(C(=O)Nc2cc(-n3cc(C(=O)NCCCN4CCOCC4)nn3)c(F)cc2N2CCN(C)C(C)C2)c1Cl. The topological polar surface area (TPSA) is 134 Å². The number of nitrogens with zero attached hydrogens (tertiary/aromatic N) is 6. The molecule has 2 amide bonds. The van der Waals surface area contributed by atoms with Crippen LogP contribution in [0.5, 0.6) is 0 Å². The number of ether oxygens (including phenoxy) is 1. The zero-order valence-electron chi connectivity index (χ0n) is 25.6. The molecule has 242 valence electrons. The van der Waals surface area contributed by atoms with Crippen molar-refractivity contribution in [1.29, 1.82) is 0 Å². The van der Waals surface area contributed by atoms with E-state index < -0.39 is 23.4 Å². The normalized spacial score (nSPS) is 17.8. The maximum absolute atomic E-state index is 15.7. The number of morpholine rings is 1. The molecule has 1 atom stereocenters. The lowest BCUT2D eigenvalue weighted by molar-refractivity contribution is 0.0374. The molecule has 2 saturated heterocycles. The van der Waals surface area contributed by atoms with Gasteiger partial charge in [-0.1, -0.05) is 16.8 Å². The highest BCUT2D eigenvalue weighted by Crippen LogP contribution is 2.34. The third-order valence-electron chi connectivity index (χ3n) is 8.32. The Kier molecular flexibility index (Phi) is 10.2. The second-order valence-corrected chi connectivity index (χ2v) is 11.8. The minimum absolute atomic E-state index is 0.0207. The van der Waals surface area contributed by atoms with Gasteiger partial charge >= 0.3 is 0 Å². The van der Waals surface area contributed by atoms with Crippen LogP contribution in [0.15, 0.2) is 24.4 Å². The highest BCUT2D eigenvalue weighted by molar-refractivity contribution is 6.35. The highest BCUT2D eigenvalue weighted by Gasteiger charge is 2.27. The van der Waals surface area contributed by atoms with Crippen molar-refractivity contribution in [3.05, 3.63) is 57.9 Å². The fourth-order valence-electron chi connectivity index (χ4n) is 5.41. The van der Waals surface area contributed by atoms with E-state index in [0.29, 0.717) is 38.5 Å². The Bertz CT molecular complexity index is 1560. The molecule has 3 heterocycles. The third-order valence-corrected chi connectivity index (χ3v) is 8.81. The maximum Gasteiger partial charge on any atom is 0.273 e. The van der Waals surface area contributed by atoms with Gasteiger partial charge in [0.05, 0.1) is 47.1 Å². The van der Waals surface area contributed by atoms with Gasteiger partial charge in [-0.25, -0.2) is 13.5 Å². The van der Waals surface area contributed by atoms with E-state index in [-0.39, 0.29) is 44.9 Å². The van der Waals surface area contributed by atoms with Crippen molar-refractivity contribution in [3.8, 4) is 5.69 Å². The van der Waals surface area contributed by atoms with Gasteiger partial charge in [-0.15, -0.1) is 5.10 Å². The van der Waals surface area contributed by atoms with Crippen molar-refractivity contribution in [3.63, 3.8) is 0 Å². The summed E-state index contributed by atoms with van der Waals surface area (Å²) >= 11 is 6.32. The molecule has 45 heavy (non-hydrogen) atoms. The summed E-state index contributed by atoms with van der Waals surface area (Å²) in [5.74, 6) is -2.40. The van der Waals surface area contributed by atoms with Crippen molar-refractivity contribution in [2.75, 3.05) is 82.0 Å². The zero-order valence-corrected chi connectivity index (χ0v) is 26.3. The molecule has 2 aliphatic rings. The molecule has 0 radical (unpaired) electrons. The first-order chi connectivity index (χ1) is 21.5. The van der Waals surface area contributed by atoms with Crippen LogP contribution in [0.3, 0.4) is 0 Å². The van der Waals surface area contributed by atoms with Crippen LogP contribution in [-0.2, 0) is 4.74 Å². The molecule has 2 aromatic carbocycles. The summed E-state index contributed by atoms with van der Waals surface area (Å²) in [6.45, 7) is 9.83. The molecular formula is C30H38ClF2N9O3. The fraction of sp³-hybridized carbons (Fsp3) is 0.467. The van der Waals surface area contributed by atoms with Gasteiger partial charge in [0.15, 0.2) is 17.3 Å². The number of nitrogen functional groups attached to an aromatic ring is 1. The van der Waals surface area contributed by atoms with Crippen LogP contribution in [0.1, 0.15) is 39.8 Å². The lowest BCUT2D eigenvalue weighted by atomic mass is 10.1. The van der Waals surface area contributed by atoms with E-state index in [0.717, 1.165) is 37.3 Å². The molecular weight excluding hydrogens is 608 g/mol. The quantitative estimate of drug-likeness (QED) is 0.237. The zero-order chi connectivity index (χ0) is 32.2. The van der Waals surface area contributed by atoms with Gasteiger partial charge in [-0.05, 0) is 46.0 Å². The number of likely N-dealkylation sites (N-methyl/N-ethyl adjacent to an activating group) is 1. The number of hydrogen-bond donors (Lipinski definition) is 3. The van der Waals surface area contributed by atoms with Gasteiger partial charge in [0.2, 0.25) is 0 Å². The second-order valence-electron chi connectivity index (χ2n) is 11.4. The first kappa shape index (κ1) is 32.5. The molecule has 0 aliphatic carbocycles. The molecule has 2 aliphatic heterocycles. The molecule has 4 N–H and O–H groups in total. The van der Waals surface area contributed by atoms with Gasteiger partial charge < -0.3 is 30.9 Å². The van der Waals surface area contributed by atoms with Crippen molar-refractivity contribution in [1.82, 2.24) is 30.1 Å². The molecule has 2 fully saturated rings. The monoisotopic (exact) mass is 645 g/mol. The lowest BCUT2D eigenvalue weighted by Gasteiger charge is -2.39. The van der Waals surface area contributed by atoms with Gasteiger partial charge in [0, 0.05) is 56.9 Å². The number of anilines is 3. The summed E-state index contributed by atoms with van der Waals surface area (Å²) < 4.78 is 36.5. The van der Waals surface area contributed by atoms with Gasteiger partial charge in [0.25, 0.3) is 11.8 Å². The van der Waals surface area contributed by atoms with E-state index in [2.05, 4.69) is 37.7 Å². The first-order valence-electron chi connectivity index (χ1n) is 14.9. The van der Waals surface area contributed by atoms with Crippen LogP contribution in [0.25, 0.3) is 5.69 Å². The number of rotatable bonds is 9. The molecule has 1 unspecified atom stereocenters. The van der Waals surface area contributed by atoms with E-state index >= 15 is 4.39 Å². The largest absolute Gasteiger partial charge is 0.396 e. The Morgan fingerprint density at radius 2 is 1.87 bits per heavy atom. The number of benzene rings is 2. The van der Waals surface area contributed by atoms with Gasteiger partial charge in [-0.2, -0.15) is 0 Å². The maximum atomic E-state index is 15.7. The van der Waals surface area contributed by atoms with Gasteiger partial charge in [0.1, 0.15) is 5.69 Å². The van der Waals surface area contributed by atoms with Crippen molar-refractivity contribution in [2.24, 2.45) is 0 Å². The third kappa shape index (κ3) is 7.35. The molecule has 1 aromatic heterocycles. The molecule has 3 aromatic rings. The number of amides is 2. The predicted molar refractivity (Wildman–Crippen MR) is 168 cm³/mol. The molecule has 0 saturated carbocycles. The minimum atomic E-state index is -0.698. The van der Waals surface area contributed by atoms with E-state index in [1.807, 2.05) is 11.9 Å². The molecule has 15 heteroatoms. The van der Waals surface area contributed by atoms with Crippen LogP contribution in [0, 0.1) is 18.6 Å². The molecule has 12 nitrogen and oxygen atoms in total. The summed E-state index contributed by atoms with van der Waals surface area (Å²) in [5.41, 5.74) is 6.30. The highest BCUT2D eigenvalue weighted by atomic mass is 35.5. The summed E-state index contributed by atoms with van der Waals surface area (Å²) in [7, 11) is 2.01. The second kappa shape index (κ2) is 14.1. The number of hydrogen-bond acceptors (Lipinski definition) is 9. The van der Waals surface area contributed by atoms with Crippen molar-refractivity contribution >= 4 is 40.5 Å². The minimum Gasteiger partial charge on any atom is -0.396 e. The summed E-state index contributed by atoms with van der Waals surface area (Å²) in [6.07, 6.45) is 2.09. The number of aromatic nitrogens is 3. The van der Waals surface area contributed by atoms with Crippen LogP contribution >= 0.6 is 11.6 Å². The average molecular weight is 646 g/mol. The number of nitrogens with two attached hydrogens (primary N) is 1. The van der Waals surface area contributed by atoms with Crippen LogP contribution in [0.2, 0.25) is 5.02 Å². The molecule has 0 spiro atoms. The Balaban J connectivity index is 1.38. The first-order valence-corrected chi connectivity index (χ1v) is 15.3. The number of nitrogens with one attached hydrogen (secondary N) is 2. The Hall–Kier alpha value is -3.85. The number of carbonyl (C=O) groups is 2. The average Bonchev–Trinajstić information content (AvgIpc) is 3.53. The number of halogens is 3. The van der Waals surface area contributed by atoms with Crippen LogP contribution in [0.4, 0.5) is 25.8 Å². The number of piperazine rings is 1. The standard InChI is InChI=1S/C30H38ClF2N9O3/c1-18-16-41(8-7-39(18)3)26-14-21(32)25(15-23(26)36-29(43)20-13-22(34)28(33)19(2)27(20)31)42-17-24(37-38-42)30(44)35-5-4-6-40-9-11-45-12-10-40/h13-15,17-18H,4-12,16,34H2,1-3H3,(H,35,44)(H,36,43). The summed E-state index contributed by atoms with van der Waals surface area (Å²) in [5, 5.41) is 13.5. The van der Waals surface area contributed by atoms with Crippen molar-refractivity contribution in [2.45, 2.75) is 26.3 Å². The molecule has 0 bridgehead atoms. The van der Waals surface area contributed by atoms with Crippen LogP contribution < -0.4 is 21.3 Å². The van der Waals surface area contributed by atoms with Crippen LogP contribution in [-0.4, -0.2) is 109 Å². The smallest absolute Gasteiger partial charge is 0.273 e. The fourth-order valence-corrected chi connectivity index (χ4v) is 5.64.